The number of hydrogen-bond donors (Lipinski definition) is 1. The summed E-state index contributed by atoms with van der Waals surface area (Å²) in [4.78, 5) is 12.6. The van der Waals surface area contributed by atoms with Crippen LogP contribution in [0.5, 0.6) is 5.75 Å². The Kier molecular flexibility index (Phi) is 6.02. The van der Waals surface area contributed by atoms with Gasteiger partial charge in [0.1, 0.15) is 5.75 Å². The summed E-state index contributed by atoms with van der Waals surface area (Å²) in [5.74, 6) is 0.655. The third-order valence-electron chi connectivity index (χ3n) is 4.18. The van der Waals surface area contributed by atoms with Gasteiger partial charge < -0.3 is 10.1 Å². The maximum absolute atomic E-state index is 12.6. The molecule has 0 aromatic heterocycles. The highest BCUT2D eigenvalue weighted by molar-refractivity contribution is 5.81. The summed E-state index contributed by atoms with van der Waals surface area (Å²) in [5, 5.41) is 3.08. The third kappa shape index (κ3) is 4.60. The van der Waals surface area contributed by atoms with Crippen LogP contribution in [0.25, 0.3) is 0 Å². The van der Waals surface area contributed by atoms with E-state index in [0.29, 0.717) is 6.42 Å². The van der Waals surface area contributed by atoms with Crippen LogP contribution in [0.4, 0.5) is 0 Å². The summed E-state index contributed by atoms with van der Waals surface area (Å²) < 4.78 is 5.88. The smallest absolute Gasteiger partial charge is 0.261 e. The highest BCUT2D eigenvalue weighted by Gasteiger charge is 2.21. The Morgan fingerprint density at radius 2 is 1.79 bits per heavy atom. The number of hydrogen-bond acceptors (Lipinski definition) is 2. The summed E-state index contributed by atoms with van der Waals surface area (Å²) in [7, 11) is 0. The highest BCUT2D eigenvalue weighted by Crippen LogP contribution is 2.20. The minimum absolute atomic E-state index is 0.0479. The van der Waals surface area contributed by atoms with Crippen LogP contribution < -0.4 is 10.1 Å². The van der Waals surface area contributed by atoms with Crippen LogP contribution in [-0.2, 0) is 4.79 Å². The van der Waals surface area contributed by atoms with Gasteiger partial charge in [0.2, 0.25) is 0 Å². The van der Waals surface area contributed by atoms with Crippen LogP contribution in [0.15, 0.2) is 42.5 Å². The quantitative estimate of drug-likeness (QED) is 0.840. The van der Waals surface area contributed by atoms with Crippen molar-refractivity contribution in [2.24, 2.45) is 0 Å². The van der Waals surface area contributed by atoms with Crippen LogP contribution >= 0.6 is 0 Å². The molecule has 0 bridgehead atoms. The zero-order valence-corrected chi connectivity index (χ0v) is 15.2. The van der Waals surface area contributed by atoms with Crippen LogP contribution in [-0.4, -0.2) is 12.0 Å². The van der Waals surface area contributed by atoms with Crippen LogP contribution in [0.3, 0.4) is 0 Å². The first-order chi connectivity index (χ1) is 11.4. The molecular weight excluding hydrogens is 298 g/mol. The van der Waals surface area contributed by atoms with Gasteiger partial charge in [0.15, 0.2) is 6.10 Å². The predicted octanol–water partition coefficient (Wildman–Crippen LogP) is 4.65. The minimum Gasteiger partial charge on any atom is -0.481 e. The molecule has 0 spiro atoms. The van der Waals surface area contributed by atoms with Crippen molar-refractivity contribution in [3.63, 3.8) is 0 Å². The van der Waals surface area contributed by atoms with Gasteiger partial charge in [0.25, 0.3) is 5.91 Å². The lowest BCUT2D eigenvalue weighted by atomic mass is 10.00. The molecule has 24 heavy (non-hydrogen) atoms. The molecule has 128 valence electrons. The first kappa shape index (κ1) is 18.1. The van der Waals surface area contributed by atoms with E-state index in [2.05, 4.69) is 37.4 Å². The van der Waals surface area contributed by atoms with Gasteiger partial charge in [-0.05, 0) is 62.9 Å². The number of benzene rings is 2. The minimum atomic E-state index is -0.486. The second-order valence-corrected chi connectivity index (χ2v) is 6.42. The molecule has 3 heteroatoms. The molecule has 0 radical (unpaired) electrons. The van der Waals surface area contributed by atoms with Gasteiger partial charge in [-0.25, -0.2) is 0 Å². The molecule has 1 N–H and O–H groups in total. The van der Waals surface area contributed by atoms with Crippen molar-refractivity contribution in [2.75, 3.05) is 0 Å². The van der Waals surface area contributed by atoms with Gasteiger partial charge in [-0.1, -0.05) is 42.8 Å². The normalized spacial score (nSPS) is 13.2. The molecule has 2 rings (SSSR count). The first-order valence-electron chi connectivity index (χ1n) is 8.51. The molecule has 0 unspecified atom stereocenters. The van der Waals surface area contributed by atoms with Crippen molar-refractivity contribution in [1.29, 1.82) is 0 Å². The zero-order valence-electron chi connectivity index (χ0n) is 15.2. The average Bonchev–Trinajstić information content (AvgIpc) is 2.52. The predicted molar refractivity (Wildman–Crippen MR) is 98.4 cm³/mol. The second kappa shape index (κ2) is 8.00. The maximum atomic E-state index is 12.6. The van der Waals surface area contributed by atoms with Gasteiger partial charge >= 0.3 is 0 Å². The first-order valence-corrected chi connectivity index (χ1v) is 8.51. The van der Waals surface area contributed by atoms with Gasteiger partial charge in [-0.15, -0.1) is 0 Å². The summed E-state index contributed by atoms with van der Waals surface area (Å²) in [6.07, 6.45) is 0.138. The van der Waals surface area contributed by atoms with E-state index in [9.17, 15) is 4.79 Å². The van der Waals surface area contributed by atoms with Crippen molar-refractivity contribution in [1.82, 2.24) is 5.32 Å². The molecule has 2 aromatic rings. The molecule has 3 nitrogen and oxygen atoms in total. The number of carbonyl (C=O) groups excluding carboxylic acids is 1. The van der Waals surface area contributed by atoms with E-state index in [0.717, 1.165) is 16.9 Å². The molecule has 0 fully saturated rings. The average molecular weight is 325 g/mol. The molecule has 1 amide bonds. The molecule has 0 aliphatic heterocycles. The molecular formula is C21H27NO2. The van der Waals surface area contributed by atoms with Gasteiger partial charge in [0.05, 0.1) is 6.04 Å². The summed E-state index contributed by atoms with van der Waals surface area (Å²) in [6.45, 7) is 10.1. The van der Waals surface area contributed by atoms with Crippen LogP contribution in [0, 0.1) is 20.8 Å². The van der Waals surface area contributed by atoms with Crippen LogP contribution in [0.1, 0.15) is 48.6 Å². The topological polar surface area (TPSA) is 38.3 Å². The molecule has 0 saturated heterocycles. The number of aryl methyl sites for hydroxylation is 3. The van der Waals surface area contributed by atoms with E-state index < -0.39 is 6.10 Å². The maximum Gasteiger partial charge on any atom is 0.261 e. The van der Waals surface area contributed by atoms with Gasteiger partial charge in [-0.3, -0.25) is 4.79 Å². The standard InChI is InChI=1S/C21H27NO2/c1-6-20(24-18-9-7-8-14(2)13-18)21(23)22-17(5)19-11-10-15(3)12-16(19)4/h7-13,17,20H,6H2,1-5H3,(H,22,23)/t17-,20-/m0/s1. The fourth-order valence-corrected chi connectivity index (χ4v) is 2.87. The summed E-state index contributed by atoms with van der Waals surface area (Å²) in [6, 6.07) is 14.0. The Morgan fingerprint density at radius 3 is 2.42 bits per heavy atom. The lowest BCUT2D eigenvalue weighted by Gasteiger charge is -2.22. The number of carbonyl (C=O) groups is 1. The zero-order chi connectivity index (χ0) is 17.7. The van der Waals surface area contributed by atoms with Crippen LogP contribution in [0.2, 0.25) is 0 Å². The SMILES string of the molecule is CC[C@H](Oc1cccc(C)c1)C(=O)N[C@@H](C)c1ccc(C)cc1C. The number of rotatable bonds is 6. The highest BCUT2D eigenvalue weighted by atomic mass is 16.5. The molecule has 0 aliphatic rings. The van der Waals surface area contributed by atoms with E-state index in [1.54, 1.807) is 0 Å². The van der Waals surface area contributed by atoms with Crippen molar-refractivity contribution >= 4 is 5.91 Å². The van der Waals surface area contributed by atoms with Crippen molar-refractivity contribution < 1.29 is 9.53 Å². The third-order valence-corrected chi connectivity index (χ3v) is 4.18. The summed E-state index contributed by atoms with van der Waals surface area (Å²) in [5.41, 5.74) is 4.67. The Morgan fingerprint density at radius 1 is 1.08 bits per heavy atom. The van der Waals surface area contributed by atoms with Crippen molar-refractivity contribution in [3.05, 3.63) is 64.7 Å². The van der Waals surface area contributed by atoms with E-state index >= 15 is 0 Å². The summed E-state index contributed by atoms with van der Waals surface area (Å²) >= 11 is 0. The molecule has 0 aliphatic carbocycles. The second-order valence-electron chi connectivity index (χ2n) is 6.42. The van der Waals surface area contributed by atoms with Gasteiger partial charge in [0, 0.05) is 0 Å². The molecule has 2 atom stereocenters. The number of ether oxygens (including phenoxy) is 1. The van der Waals surface area contributed by atoms with Gasteiger partial charge in [-0.2, -0.15) is 0 Å². The fraction of sp³-hybridized carbons (Fsp3) is 0.381. The van der Waals surface area contributed by atoms with Crippen molar-refractivity contribution in [2.45, 2.75) is 53.2 Å². The molecule has 0 heterocycles. The number of amides is 1. The Balaban J connectivity index is 2.05. The lowest BCUT2D eigenvalue weighted by molar-refractivity contribution is -0.128. The monoisotopic (exact) mass is 325 g/mol. The number of nitrogens with one attached hydrogen (secondary N) is 1. The van der Waals surface area contributed by atoms with Crippen molar-refractivity contribution in [3.8, 4) is 5.75 Å². The largest absolute Gasteiger partial charge is 0.481 e. The van der Waals surface area contributed by atoms with E-state index in [-0.39, 0.29) is 11.9 Å². The fourth-order valence-electron chi connectivity index (χ4n) is 2.87. The Labute approximate surface area is 145 Å². The van der Waals surface area contributed by atoms with E-state index in [1.807, 2.05) is 45.0 Å². The molecule has 0 saturated carbocycles. The lowest BCUT2D eigenvalue weighted by Crippen LogP contribution is -2.39. The molecule has 2 aromatic carbocycles. The Hall–Kier alpha value is -2.29. The van der Waals surface area contributed by atoms with E-state index in [1.165, 1.54) is 11.1 Å². The Bertz CT molecular complexity index is 709. The van der Waals surface area contributed by atoms with E-state index in [4.69, 9.17) is 4.74 Å².